The van der Waals surface area contributed by atoms with Gasteiger partial charge in [-0.2, -0.15) is 0 Å². The first-order valence-electron chi connectivity index (χ1n) is 14.7. The van der Waals surface area contributed by atoms with E-state index in [1.54, 1.807) is 0 Å². The molecule has 0 saturated carbocycles. The Hall–Kier alpha value is -4.21. The van der Waals surface area contributed by atoms with Crippen LogP contribution >= 0.6 is 0 Å². The van der Waals surface area contributed by atoms with E-state index in [2.05, 4.69) is 0 Å². The van der Waals surface area contributed by atoms with Crippen molar-refractivity contribution < 1.29 is 68.8 Å². The average Bonchev–Trinajstić information content (AvgIpc) is 3.01. The normalized spacial score (nSPS) is 26.9. The second-order valence-electron chi connectivity index (χ2n) is 11.9. The lowest BCUT2D eigenvalue weighted by Crippen LogP contribution is -2.49. The highest BCUT2D eigenvalue weighted by molar-refractivity contribution is 6.31. The first kappa shape index (κ1) is 33.2. The van der Waals surface area contributed by atoms with Crippen molar-refractivity contribution in [2.24, 2.45) is 5.92 Å². The molecule has 0 spiro atoms. The predicted octanol–water partition coefficient (Wildman–Crippen LogP) is 1.11. The van der Waals surface area contributed by atoms with Gasteiger partial charge in [0.1, 0.15) is 35.2 Å². The summed E-state index contributed by atoms with van der Waals surface area (Å²) in [6.45, 7) is 0.437. The minimum Gasteiger partial charge on any atom is -0.507 e. The summed E-state index contributed by atoms with van der Waals surface area (Å²) in [6.07, 6.45) is -6.77. The van der Waals surface area contributed by atoms with Crippen molar-refractivity contribution in [2.45, 2.75) is 75.7 Å². The fourth-order valence-corrected chi connectivity index (χ4v) is 6.66. The fourth-order valence-electron chi connectivity index (χ4n) is 6.66. The van der Waals surface area contributed by atoms with E-state index in [1.807, 2.05) is 0 Å². The zero-order chi connectivity index (χ0) is 33.7. The summed E-state index contributed by atoms with van der Waals surface area (Å²) in [6, 6.07) is 4.29. The Morgan fingerprint density at radius 1 is 1.04 bits per heavy atom. The van der Waals surface area contributed by atoms with Gasteiger partial charge < -0.3 is 44.8 Å². The quantitative estimate of drug-likeness (QED) is 0.170. The van der Waals surface area contributed by atoms with Crippen LogP contribution in [0.5, 0.6) is 17.2 Å². The lowest BCUT2D eigenvalue weighted by molar-refractivity contribution is -0.257. The third-order valence-corrected chi connectivity index (χ3v) is 8.99. The molecule has 0 bridgehead atoms. The van der Waals surface area contributed by atoms with E-state index in [1.165, 1.54) is 32.2 Å². The van der Waals surface area contributed by atoms with Gasteiger partial charge >= 0.3 is 5.97 Å². The summed E-state index contributed by atoms with van der Waals surface area (Å²) in [5.41, 5.74) is -4.08. The molecule has 14 nitrogen and oxygen atoms in total. The zero-order valence-electron chi connectivity index (χ0n) is 25.0. The minimum absolute atomic E-state index is 0.0491. The SMILES string of the molecule is COc1cccc2c1C(=O)c1c(O)c3c(c(O)c1C2=O)C(OC1CC(CC(=O)CCC(=O)O)C(O)C(C)O1)CC(O)(C(=O)CO)C3. The van der Waals surface area contributed by atoms with E-state index in [9.17, 15) is 49.5 Å². The van der Waals surface area contributed by atoms with Crippen molar-refractivity contribution >= 4 is 29.1 Å². The molecule has 0 aromatic heterocycles. The van der Waals surface area contributed by atoms with Gasteiger partial charge in [0.2, 0.25) is 5.78 Å². The van der Waals surface area contributed by atoms with Gasteiger partial charge in [0.25, 0.3) is 0 Å². The minimum atomic E-state index is -2.34. The van der Waals surface area contributed by atoms with E-state index >= 15 is 0 Å². The van der Waals surface area contributed by atoms with Crippen LogP contribution in [0.4, 0.5) is 0 Å². The van der Waals surface area contributed by atoms with E-state index < -0.39 is 107 Å². The van der Waals surface area contributed by atoms with Crippen molar-refractivity contribution in [3.8, 4) is 17.2 Å². The molecule has 14 heteroatoms. The molecule has 246 valence electrons. The maximum atomic E-state index is 13.7. The van der Waals surface area contributed by atoms with Gasteiger partial charge in [-0.3, -0.25) is 24.0 Å². The number of ketones is 4. The smallest absolute Gasteiger partial charge is 0.303 e. The van der Waals surface area contributed by atoms with Crippen molar-refractivity contribution in [2.75, 3.05) is 13.7 Å². The Morgan fingerprint density at radius 3 is 2.39 bits per heavy atom. The van der Waals surface area contributed by atoms with E-state index in [-0.39, 0.29) is 53.7 Å². The van der Waals surface area contributed by atoms with Gasteiger partial charge in [0.15, 0.2) is 17.9 Å². The number of carboxylic acid groups (broad SMARTS) is 1. The number of carbonyl (C=O) groups excluding carboxylic acids is 4. The van der Waals surface area contributed by atoms with Crippen LogP contribution in [0.1, 0.15) is 88.1 Å². The van der Waals surface area contributed by atoms with Crippen molar-refractivity contribution in [3.63, 3.8) is 0 Å². The second kappa shape index (κ2) is 12.5. The highest BCUT2D eigenvalue weighted by Crippen LogP contribution is 2.52. The van der Waals surface area contributed by atoms with E-state index in [4.69, 9.17) is 19.3 Å². The summed E-state index contributed by atoms with van der Waals surface area (Å²) in [7, 11) is 1.29. The number of aliphatic hydroxyl groups is 3. The molecule has 2 aromatic rings. The van der Waals surface area contributed by atoms with Crippen LogP contribution in [-0.2, 0) is 30.3 Å². The highest BCUT2D eigenvalue weighted by atomic mass is 16.7. The number of aliphatic hydroxyl groups excluding tert-OH is 2. The van der Waals surface area contributed by atoms with Crippen LogP contribution in [0.15, 0.2) is 18.2 Å². The van der Waals surface area contributed by atoms with Gasteiger partial charge in [0, 0.05) is 48.8 Å². The maximum Gasteiger partial charge on any atom is 0.303 e. The molecule has 2 aromatic carbocycles. The molecule has 6 atom stereocenters. The van der Waals surface area contributed by atoms with Crippen molar-refractivity contribution in [1.29, 1.82) is 0 Å². The van der Waals surface area contributed by atoms with Gasteiger partial charge in [-0.05, 0) is 18.9 Å². The van der Waals surface area contributed by atoms with Crippen molar-refractivity contribution in [3.05, 3.63) is 51.6 Å². The number of phenolic OH excluding ortho intramolecular Hbond substituents is 2. The van der Waals surface area contributed by atoms with Crippen molar-refractivity contribution in [1.82, 2.24) is 0 Å². The van der Waals surface area contributed by atoms with Crippen LogP contribution in [0, 0.1) is 5.92 Å². The van der Waals surface area contributed by atoms with E-state index in [0.717, 1.165) is 0 Å². The maximum absolute atomic E-state index is 13.7. The Balaban J connectivity index is 1.56. The number of benzene rings is 2. The predicted molar refractivity (Wildman–Crippen MR) is 154 cm³/mol. The lowest BCUT2D eigenvalue weighted by Gasteiger charge is -2.42. The molecule has 1 saturated heterocycles. The summed E-state index contributed by atoms with van der Waals surface area (Å²) < 4.78 is 17.2. The molecule has 6 unspecified atom stereocenters. The second-order valence-corrected chi connectivity index (χ2v) is 11.9. The fraction of sp³-hybridized carbons (Fsp3) is 0.469. The third-order valence-electron chi connectivity index (χ3n) is 8.99. The molecule has 1 heterocycles. The van der Waals surface area contributed by atoms with Crippen LogP contribution in [0.2, 0.25) is 0 Å². The number of carbonyl (C=O) groups is 5. The van der Waals surface area contributed by atoms with Gasteiger partial charge in [-0.15, -0.1) is 0 Å². The Morgan fingerprint density at radius 2 is 1.74 bits per heavy atom. The average molecular weight is 643 g/mol. The number of Topliss-reactive ketones (excluding diaryl/α,β-unsaturated/α-hetero) is 2. The van der Waals surface area contributed by atoms with Gasteiger partial charge in [-0.1, -0.05) is 12.1 Å². The monoisotopic (exact) mass is 642 g/mol. The summed E-state index contributed by atoms with van der Waals surface area (Å²) in [4.78, 5) is 63.5. The molecule has 6 N–H and O–H groups in total. The van der Waals surface area contributed by atoms with Gasteiger partial charge in [0.05, 0.1) is 48.5 Å². The molecular formula is C32H34O14. The number of aliphatic carboxylic acids is 1. The first-order chi connectivity index (χ1) is 21.7. The molecule has 46 heavy (non-hydrogen) atoms. The molecule has 1 aliphatic heterocycles. The Bertz CT molecular complexity index is 1630. The van der Waals surface area contributed by atoms with E-state index in [0.29, 0.717) is 0 Å². The standard InChI is InChI=1S/C32H34O14/c1-13-27(38)14(8-15(34)6-7-21(36)37)9-22(45-13)46-19-11-32(43,20(35)12-33)10-17-24(19)31(42)25-26(29(17)40)30(41)23-16(28(25)39)4-3-5-18(23)44-2/h3-5,13-14,19,22,27,33,38,40,42-43H,6-12H2,1-2H3,(H,36,37). The number of phenols is 2. The number of methoxy groups -OCH3 is 1. The number of aromatic hydroxyl groups is 2. The topological polar surface area (TPSA) is 234 Å². The van der Waals surface area contributed by atoms with Crippen LogP contribution in [-0.4, -0.2) is 97.6 Å². The van der Waals surface area contributed by atoms with Crippen LogP contribution in [0.25, 0.3) is 0 Å². The number of ether oxygens (including phenoxy) is 3. The highest BCUT2D eigenvalue weighted by Gasteiger charge is 2.50. The van der Waals surface area contributed by atoms with Crippen LogP contribution in [0.3, 0.4) is 0 Å². The zero-order valence-corrected chi connectivity index (χ0v) is 25.0. The largest absolute Gasteiger partial charge is 0.507 e. The molecule has 5 rings (SSSR count). The number of hydrogen-bond donors (Lipinski definition) is 6. The molecule has 3 aliphatic rings. The molecule has 0 radical (unpaired) electrons. The number of fused-ring (bicyclic) bond motifs is 3. The van der Waals surface area contributed by atoms with Gasteiger partial charge in [-0.25, -0.2) is 0 Å². The molecule has 2 aliphatic carbocycles. The molecule has 0 amide bonds. The summed E-state index contributed by atoms with van der Waals surface area (Å²) in [5, 5.41) is 63.7. The summed E-state index contributed by atoms with van der Waals surface area (Å²) >= 11 is 0. The summed E-state index contributed by atoms with van der Waals surface area (Å²) in [5.74, 6) is -6.40. The van der Waals surface area contributed by atoms with Crippen LogP contribution < -0.4 is 4.74 Å². The molecule has 1 fully saturated rings. The number of carboxylic acids is 1. The molecular weight excluding hydrogens is 608 g/mol. The Labute approximate surface area is 262 Å². The number of rotatable bonds is 10. The third kappa shape index (κ3) is 5.67. The number of hydrogen-bond acceptors (Lipinski definition) is 13. The first-order valence-corrected chi connectivity index (χ1v) is 14.7. The Kier molecular flexibility index (Phi) is 9.03. The lowest BCUT2D eigenvalue weighted by atomic mass is 9.72.